The summed E-state index contributed by atoms with van der Waals surface area (Å²) < 4.78 is 15.4. The number of nitrogens with one attached hydrogen (secondary N) is 1. The highest BCUT2D eigenvalue weighted by Gasteiger charge is 2.13. The third-order valence-electron chi connectivity index (χ3n) is 4.72. The molecular weight excluding hydrogens is 379 g/mol. The van der Waals surface area contributed by atoms with Gasteiger partial charge in [-0.15, -0.1) is 11.3 Å². The Kier molecular flexibility index (Phi) is 5.36. The smallest absolute Gasteiger partial charge is 0.346 e. The Bertz CT molecular complexity index is 1070. The number of hydrogen-bond acceptors (Lipinski definition) is 6. The van der Waals surface area contributed by atoms with Crippen molar-refractivity contribution in [2.75, 3.05) is 18.4 Å². The summed E-state index contributed by atoms with van der Waals surface area (Å²) in [6.07, 6.45) is 5.94. The lowest BCUT2D eigenvalue weighted by Crippen LogP contribution is -2.26. The zero-order valence-corrected chi connectivity index (χ0v) is 16.1. The van der Waals surface area contributed by atoms with E-state index < -0.39 is 0 Å². The Labute approximate surface area is 165 Å². The molecule has 0 unspecified atom stereocenters. The lowest BCUT2D eigenvalue weighted by molar-refractivity contribution is 0.604. The van der Waals surface area contributed by atoms with Gasteiger partial charge < -0.3 is 11.1 Å². The molecule has 1 aliphatic rings. The fourth-order valence-electron chi connectivity index (χ4n) is 3.19. The van der Waals surface area contributed by atoms with Crippen LogP contribution in [0, 0.1) is 0 Å². The van der Waals surface area contributed by atoms with Crippen molar-refractivity contribution in [3.05, 3.63) is 63.6 Å². The van der Waals surface area contributed by atoms with Crippen LogP contribution in [-0.2, 0) is 19.5 Å². The number of aromatic nitrogens is 4. The van der Waals surface area contributed by atoms with Crippen LogP contribution in [0.1, 0.15) is 16.9 Å². The fraction of sp³-hybridized carbons (Fsp3) is 0.316. The van der Waals surface area contributed by atoms with Crippen LogP contribution in [0.25, 0.3) is 10.4 Å². The average molecular weight is 400 g/mol. The maximum absolute atomic E-state index is 12.7. The minimum absolute atomic E-state index is 0.0500. The van der Waals surface area contributed by atoms with Crippen molar-refractivity contribution in [2.45, 2.75) is 25.9 Å². The number of rotatable bonds is 6. The van der Waals surface area contributed by atoms with Crippen LogP contribution >= 0.6 is 11.3 Å². The highest BCUT2D eigenvalue weighted by atomic mass is 32.1. The third-order valence-corrected chi connectivity index (χ3v) is 5.84. The number of hydrogen-bond donors (Lipinski definition) is 2. The second-order valence-electron chi connectivity index (χ2n) is 6.70. The van der Waals surface area contributed by atoms with Crippen LogP contribution in [0.15, 0.2) is 47.4 Å². The third kappa shape index (κ3) is 3.76. The number of anilines is 1. The van der Waals surface area contributed by atoms with Gasteiger partial charge in [-0.1, -0.05) is 0 Å². The molecule has 0 amide bonds. The summed E-state index contributed by atoms with van der Waals surface area (Å²) in [5, 5.41) is 7.37. The molecule has 3 aromatic heterocycles. The topological polar surface area (TPSA) is 90.8 Å². The first-order chi connectivity index (χ1) is 13.7. The van der Waals surface area contributed by atoms with E-state index in [1.807, 2.05) is 18.3 Å². The molecule has 3 aromatic rings. The van der Waals surface area contributed by atoms with Gasteiger partial charge in [0.15, 0.2) is 0 Å². The van der Waals surface area contributed by atoms with E-state index in [0.29, 0.717) is 18.4 Å². The van der Waals surface area contributed by atoms with Gasteiger partial charge in [-0.2, -0.15) is 5.10 Å². The average Bonchev–Trinajstić information content (AvgIpc) is 3.33. The van der Waals surface area contributed by atoms with Crippen molar-refractivity contribution in [1.29, 1.82) is 0 Å². The van der Waals surface area contributed by atoms with Crippen LogP contribution in [-0.4, -0.2) is 32.4 Å². The Morgan fingerprint density at radius 1 is 1.43 bits per heavy atom. The molecule has 4 rings (SSSR count). The molecule has 1 aliphatic heterocycles. The molecule has 9 heteroatoms. The monoisotopic (exact) mass is 400 g/mol. The summed E-state index contributed by atoms with van der Waals surface area (Å²) in [6.45, 7) is 1.50. The van der Waals surface area contributed by atoms with Crippen LogP contribution in [0.4, 0.5) is 10.2 Å². The van der Waals surface area contributed by atoms with Gasteiger partial charge in [0.05, 0.1) is 19.4 Å². The highest BCUT2D eigenvalue weighted by molar-refractivity contribution is 7.15. The number of pyridine rings is 1. The summed E-state index contributed by atoms with van der Waals surface area (Å²) in [5.74, 6) is 0.977. The number of thiophene rings is 1. The van der Waals surface area contributed by atoms with Crippen molar-refractivity contribution in [2.24, 2.45) is 5.73 Å². The largest absolute Gasteiger partial charge is 0.370 e. The SMILES string of the molecule is NC/C(=C\F)Cn1ncn(Cc2ccc(-c3cnc4c(c3)CCCN4)s2)c1=O. The minimum Gasteiger partial charge on any atom is -0.370 e. The van der Waals surface area contributed by atoms with Gasteiger partial charge in [-0.3, -0.25) is 4.57 Å². The molecule has 0 aromatic carbocycles. The lowest BCUT2D eigenvalue weighted by Gasteiger charge is -2.17. The van der Waals surface area contributed by atoms with E-state index in [2.05, 4.69) is 21.5 Å². The molecule has 0 fully saturated rings. The van der Waals surface area contributed by atoms with Crippen LogP contribution in [0.3, 0.4) is 0 Å². The van der Waals surface area contributed by atoms with E-state index in [-0.39, 0.29) is 18.8 Å². The number of fused-ring (bicyclic) bond motifs is 1. The maximum Gasteiger partial charge on any atom is 0.346 e. The molecule has 0 aliphatic carbocycles. The van der Waals surface area contributed by atoms with E-state index in [4.69, 9.17) is 5.73 Å². The molecule has 28 heavy (non-hydrogen) atoms. The molecule has 0 bridgehead atoms. The van der Waals surface area contributed by atoms with Gasteiger partial charge in [0, 0.05) is 34.6 Å². The maximum atomic E-state index is 12.7. The predicted octanol–water partition coefficient (Wildman–Crippen LogP) is 2.39. The van der Waals surface area contributed by atoms with Crippen molar-refractivity contribution in [1.82, 2.24) is 19.3 Å². The molecule has 146 valence electrons. The van der Waals surface area contributed by atoms with Crippen LogP contribution in [0.2, 0.25) is 0 Å². The number of nitrogens with two attached hydrogens (primary N) is 1. The first-order valence-electron chi connectivity index (χ1n) is 9.10. The Morgan fingerprint density at radius 3 is 3.14 bits per heavy atom. The molecular formula is C19H21FN6OS. The normalized spacial score (nSPS) is 14.0. The van der Waals surface area contributed by atoms with E-state index in [9.17, 15) is 9.18 Å². The molecule has 3 N–H and O–H groups in total. The molecule has 4 heterocycles. The Morgan fingerprint density at radius 2 is 2.32 bits per heavy atom. The summed E-state index contributed by atoms with van der Waals surface area (Å²) >= 11 is 1.62. The summed E-state index contributed by atoms with van der Waals surface area (Å²) in [7, 11) is 0. The fourth-order valence-corrected chi connectivity index (χ4v) is 4.18. The molecule has 0 spiro atoms. The van der Waals surface area contributed by atoms with Crippen molar-refractivity contribution in [3.8, 4) is 10.4 Å². The number of nitrogens with zero attached hydrogens (tertiary/aromatic N) is 4. The standard InChI is InChI=1S/C19H21FN6OS/c20-7-13(8-21)10-26-19(27)25(12-24-26)11-16-3-4-17(28-16)15-6-14-2-1-5-22-18(14)23-9-15/h3-4,6-7,9,12H,1-2,5,8,10-11,21H2,(H,22,23)/b13-7+. The summed E-state index contributed by atoms with van der Waals surface area (Å²) in [4.78, 5) is 19.1. The van der Waals surface area contributed by atoms with Gasteiger partial charge in [0.1, 0.15) is 12.1 Å². The van der Waals surface area contributed by atoms with E-state index in [1.54, 1.807) is 11.3 Å². The second-order valence-corrected chi connectivity index (χ2v) is 7.87. The summed E-state index contributed by atoms with van der Waals surface area (Å²) in [5.41, 5.74) is 7.81. The van der Waals surface area contributed by atoms with Crippen molar-refractivity contribution >= 4 is 17.2 Å². The van der Waals surface area contributed by atoms with E-state index >= 15 is 0 Å². The Balaban J connectivity index is 1.51. The molecule has 0 radical (unpaired) electrons. The highest BCUT2D eigenvalue weighted by Crippen LogP contribution is 2.31. The van der Waals surface area contributed by atoms with Gasteiger partial charge in [-0.25, -0.2) is 18.9 Å². The first-order valence-corrected chi connectivity index (χ1v) is 9.92. The first kappa shape index (κ1) is 18.6. The number of aryl methyl sites for hydroxylation is 1. The zero-order valence-electron chi connectivity index (χ0n) is 15.3. The lowest BCUT2D eigenvalue weighted by atomic mass is 10.0. The molecule has 0 saturated carbocycles. The van der Waals surface area contributed by atoms with Crippen molar-refractivity contribution in [3.63, 3.8) is 0 Å². The zero-order chi connectivity index (χ0) is 19.5. The van der Waals surface area contributed by atoms with Crippen LogP contribution in [0.5, 0.6) is 0 Å². The molecule has 0 atom stereocenters. The summed E-state index contributed by atoms with van der Waals surface area (Å²) in [6, 6.07) is 6.24. The van der Waals surface area contributed by atoms with Gasteiger partial charge >= 0.3 is 5.69 Å². The number of halogens is 1. The Hall–Kier alpha value is -2.78. The second kappa shape index (κ2) is 8.07. The van der Waals surface area contributed by atoms with E-state index in [0.717, 1.165) is 40.5 Å². The van der Waals surface area contributed by atoms with Crippen molar-refractivity contribution < 1.29 is 4.39 Å². The van der Waals surface area contributed by atoms with E-state index in [1.165, 1.54) is 21.1 Å². The molecule has 0 saturated heterocycles. The quantitative estimate of drug-likeness (QED) is 0.663. The van der Waals surface area contributed by atoms with Gasteiger partial charge in [0.25, 0.3) is 0 Å². The van der Waals surface area contributed by atoms with Crippen LogP contribution < -0.4 is 16.7 Å². The van der Waals surface area contributed by atoms with Gasteiger partial charge in [0.2, 0.25) is 0 Å². The predicted molar refractivity (Wildman–Crippen MR) is 108 cm³/mol. The molecule has 7 nitrogen and oxygen atoms in total. The van der Waals surface area contributed by atoms with Gasteiger partial charge in [-0.05, 0) is 42.2 Å². The minimum atomic E-state index is -0.288.